The summed E-state index contributed by atoms with van der Waals surface area (Å²) in [6, 6.07) is 18.4. The Kier molecular flexibility index (Phi) is 6.92. The Morgan fingerprint density at radius 2 is 1.53 bits per heavy atom. The van der Waals surface area contributed by atoms with Crippen LogP contribution in [0.4, 0.5) is 16.2 Å². The van der Waals surface area contributed by atoms with Gasteiger partial charge in [-0.15, -0.1) is 0 Å². The Labute approximate surface area is 187 Å². The molecule has 164 valence electrons. The summed E-state index contributed by atoms with van der Waals surface area (Å²) in [7, 11) is 0. The molecule has 32 heavy (non-hydrogen) atoms. The highest BCUT2D eigenvalue weighted by molar-refractivity contribution is 6.00. The molecule has 3 N–H and O–H groups in total. The Morgan fingerprint density at radius 3 is 2.19 bits per heavy atom. The number of carbonyl (C=O) groups is 2. The number of urea groups is 1. The number of nitrogens with zero attached hydrogens (tertiary/aromatic N) is 1. The highest BCUT2D eigenvalue weighted by Gasteiger charge is 2.30. The van der Waals surface area contributed by atoms with Crippen LogP contribution in [-0.4, -0.2) is 28.5 Å². The molecule has 1 aliphatic carbocycles. The fourth-order valence-corrected chi connectivity index (χ4v) is 4.29. The number of Topliss-reactive ketones (excluding diaryl/α,β-unsaturated/α-hetero) is 1. The number of ketones is 1. The molecule has 3 aromatic rings. The van der Waals surface area contributed by atoms with Crippen LogP contribution in [-0.2, 0) is 0 Å². The summed E-state index contributed by atoms with van der Waals surface area (Å²) in [5, 5.41) is 15.1. The fourth-order valence-electron chi connectivity index (χ4n) is 4.29. The van der Waals surface area contributed by atoms with Crippen molar-refractivity contribution in [1.82, 2.24) is 4.98 Å². The lowest BCUT2D eigenvalue weighted by atomic mass is 9.76. The lowest BCUT2D eigenvalue weighted by molar-refractivity contribution is 0.0738. The van der Waals surface area contributed by atoms with E-state index >= 15 is 0 Å². The summed E-state index contributed by atoms with van der Waals surface area (Å²) in [6.45, 7) is 0.0785. The Bertz CT molecular complexity index is 1050. The number of benzene rings is 2. The topological polar surface area (TPSA) is 91.3 Å². The van der Waals surface area contributed by atoms with E-state index in [-0.39, 0.29) is 30.3 Å². The minimum Gasteiger partial charge on any atom is -0.396 e. The van der Waals surface area contributed by atoms with Crippen molar-refractivity contribution in [3.8, 4) is 11.1 Å². The van der Waals surface area contributed by atoms with Crippen LogP contribution in [0.15, 0.2) is 73.1 Å². The molecule has 2 aromatic carbocycles. The average molecular weight is 430 g/mol. The first kappa shape index (κ1) is 21.7. The number of aliphatic hydroxyl groups excluding tert-OH is 1. The number of aliphatic hydroxyl groups is 1. The van der Waals surface area contributed by atoms with E-state index in [4.69, 9.17) is 0 Å². The van der Waals surface area contributed by atoms with Gasteiger partial charge < -0.3 is 15.7 Å². The number of aromatic nitrogens is 1. The van der Waals surface area contributed by atoms with Gasteiger partial charge >= 0.3 is 6.03 Å². The lowest BCUT2D eigenvalue weighted by Gasteiger charge is -2.29. The molecule has 6 nitrogen and oxygen atoms in total. The standard InChI is InChI=1S/C26H27N3O3/c30-17-21-4-1-2-6-24(21)25(31)20-9-7-18(8-10-20)19-11-13-22(14-12-19)28-26(32)29-23-5-3-15-27-16-23/h3,5,7-16,21,24,30H,1-2,4,6,17H2,(H2,28,29,32). The predicted octanol–water partition coefficient (Wildman–Crippen LogP) is 5.37. The summed E-state index contributed by atoms with van der Waals surface area (Å²) in [5.74, 6) is 0.128. The van der Waals surface area contributed by atoms with E-state index in [2.05, 4.69) is 15.6 Å². The molecule has 6 heteroatoms. The highest BCUT2D eigenvalue weighted by atomic mass is 16.3. The van der Waals surface area contributed by atoms with Crippen LogP contribution in [0.1, 0.15) is 36.0 Å². The number of rotatable bonds is 6. The van der Waals surface area contributed by atoms with E-state index in [0.29, 0.717) is 16.9 Å². The van der Waals surface area contributed by atoms with E-state index in [9.17, 15) is 14.7 Å². The second-order valence-electron chi connectivity index (χ2n) is 8.17. The van der Waals surface area contributed by atoms with Gasteiger partial charge in [0, 0.05) is 30.0 Å². The van der Waals surface area contributed by atoms with Crippen molar-refractivity contribution in [3.05, 3.63) is 78.6 Å². The molecule has 4 rings (SSSR count). The molecule has 1 fully saturated rings. The maximum atomic E-state index is 12.9. The number of nitrogens with one attached hydrogen (secondary N) is 2. The zero-order valence-electron chi connectivity index (χ0n) is 17.8. The molecule has 0 bridgehead atoms. The van der Waals surface area contributed by atoms with Gasteiger partial charge in [-0.1, -0.05) is 49.2 Å². The van der Waals surface area contributed by atoms with Crippen molar-refractivity contribution in [2.24, 2.45) is 11.8 Å². The minimum atomic E-state index is -0.336. The number of anilines is 2. The highest BCUT2D eigenvalue weighted by Crippen LogP contribution is 2.33. The van der Waals surface area contributed by atoms with Crippen molar-refractivity contribution in [3.63, 3.8) is 0 Å². The van der Waals surface area contributed by atoms with Crippen LogP contribution in [0.3, 0.4) is 0 Å². The lowest BCUT2D eigenvalue weighted by Crippen LogP contribution is -2.29. The largest absolute Gasteiger partial charge is 0.396 e. The van der Waals surface area contributed by atoms with Crippen LogP contribution in [0, 0.1) is 11.8 Å². The van der Waals surface area contributed by atoms with Crippen molar-refractivity contribution in [1.29, 1.82) is 0 Å². The van der Waals surface area contributed by atoms with Gasteiger partial charge in [0.15, 0.2) is 5.78 Å². The SMILES string of the molecule is O=C(Nc1ccc(-c2ccc(C(=O)C3CCCCC3CO)cc2)cc1)Nc1cccnc1. The first-order valence-corrected chi connectivity index (χ1v) is 11.0. The number of pyridine rings is 1. The van der Waals surface area contributed by atoms with E-state index in [1.54, 1.807) is 24.5 Å². The molecule has 0 spiro atoms. The Hall–Kier alpha value is -3.51. The molecule has 2 unspecified atom stereocenters. The minimum absolute atomic E-state index is 0.0753. The van der Waals surface area contributed by atoms with Crippen LogP contribution < -0.4 is 10.6 Å². The molecule has 1 aliphatic rings. The molecule has 2 atom stereocenters. The molecule has 1 heterocycles. The van der Waals surface area contributed by atoms with Crippen LogP contribution in [0.5, 0.6) is 0 Å². The molecule has 1 aromatic heterocycles. The first-order chi connectivity index (χ1) is 15.6. The number of hydrogen-bond acceptors (Lipinski definition) is 4. The second-order valence-corrected chi connectivity index (χ2v) is 8.17. The zero-order chi connectivity index (χ0) is 22.3. The van der Waals surface area contributed by atoms with Crippen LogP contribution >= 0.6 is 0 Å². The smallest absolute Gasteiger partial charge is 0.323 e. The molecule has 2 amide bonds. The van der Waals surface area contributed by atoms with Crippen LogP contribution in [0.25, 0.3) is 11.1 Å². The Balaban J connectivity index is 1.39. The number of carbonyl (C=O) groups excluding carboxylic acids is 2. The third kappa shape index (κ3) is 5.21. The van der Waals surface area contributed by atoms with Gasteiger partial charge in [0.1, 0.15) is 0 Å². The molecular weight excluding hydrogens is 402 g/mol. The third-order valence-electron chi connectivity index (χ3n) is 6.05. The predicted molar refractivity (Wildman–Crippen MR) is 126 cm³/mol. The number of amides is 2. The summed E-state index contributed by atoms with van der Waals surface area (Å²) in [4.78, 5) is 29.0. The number of hydrogen-bond donors (Lipinski definition) is 3. The summed E-state index contributed by atoms with van der Waals surface area (Å²) >= 11 is 0. The van der Waals surface area contributed by atoms with Crippen molar-refractivity contribution in [2.75, 3.05) is 17.2 Å². The van der Waals surface area contributed by atoms with Gasteiger partial charge in [-0.05, 0) is 54.2 Å². The van der Waals surface area contributed by atoms with Gasteiger partial charge in [0.25, 0.3) is 0 Å². The van der Waals surface area contributed by atoms with E-state index in [0.717, 1.165) is 36.8 Å². The molecule has 0 radical (unpaired) electrons. The van der Waals surface area contributed by atoms with Crippen molar-refractivity contribution < 1.29 is 14.7 Å². The monoisotopic (exact) mass is 429 g/mol. The summed E-state index contributed by atoms with van der Waals surface area (Å²) in [6.07, 6.45) is 7.14. The normalized spacial score (nSPS) is 18.0. The molecular formula is C26H27N3O3. The van der Waals surface area contributed by atoms with E-state index < -0.39 is 0 Å². The van der Waals surface area contributed by atoms with Gasteiger partial charge in [0.2, 0.25) is 0 Å². The van der Waals surface area contributed by atoms with E-state index in [1.165, 1.54) is 0 Å². The molecule has 1 saturated carbocycles. The average Bonchev–Trinajstić information content (AvgIpc) is 2.85. The van der Waals surface area contributed by atoms with Gasteiger partial charge in [-0.2, -0.15) is 0 Å². The fraction of sp³-hybridized carbons (Fsp3) is 0.269. The van der Waals surface area contributed by atoms with E-state index in [1.807, 2.05) is 48.5 Å². The molecule has 0 saturated heterocycles. The van der Waals surface area contributed by atoms with Gasteiger partial charge in [-0.3, -0.25) is 9.78 Å². The summed E-state index contributed by atoms with van der Waals surface area (Å²) < 4.78 is 0. The third-order valence-corrected chi connectivity index (χ3v) is 6.05. The maximum absolute atomic E-state index is 12.9. The second kappa shape index (κ2) is 10.2. The maximum Gasteiger partial charge on any atom is 0.323 e. The summed E-state index contributed by atoms with van der Waals surface area (Å²) in [5.41, 5.74) is 3.98. The van der Waals surface area contributed by atoms with Crippen molar-refractivity contribution in [2.45, 2.75) is 25.7 Å². The van der Waals surface area contributed by atoms with Gasteiger partial charge in [0.05, 0.1) is 11.9 Å². The van der Waals surface area contributed by atoms with Crippen molar-refractivity contribution >= 4 is 23.2 Å². The molecule has 0 aliphatic heterocycles. The van der Waals surface area contributed by atoms with Gasteiger partial charge in [-0.25, -0.2) is 4.79 Å². The van der Waals surface area contributed by atoms with Crippen LogP contribution in [0.2, 0.25) is 0 Å². The quantitative estimate of drug-likeness (QED) is 0.459. The first-order valence-electron chi connectivity index (χ1n) is 11.0. The Morgan fingerprint density at radius 1 is 0.875 bits per heavy atom. The zero-order valence-corrected chi connectivity index (χ0v) is 17.8.